The minimum absolute atomic E-state index is 0.00936. The van der Waals surface area contributed by atoms with Crippen LogP contribution in [-0.4, -0.2) is 35.3 Å². The Hall–Kier alpha value is -2.66. The van der Waals surface area contributed by atoms with Crippen molar-refractivity contribution in [3.05, 3.63) is 65.7 Å². The summed E-state index contributed by atoms with van der Waals surface area (Å²) in [4.78, 5) is 27.8. The maximum absolute atomic E-state index is 13.0. The second-order valence-corrected chi connectivity index (χ2v) is 8.45. The lowest BCUT2D eigenvalue weighted by molar-refractivity contribution is -0.137. The van der Waals surface area contributed by atoms with Crippen LogP contribution < -0.4 is 11.1 Å². The Bertz CT molecular complexity index is 875. The van der Waals surface area contributed by atoms with Crippen molar-refractivity contribution in [2.75, 3.05) is 18.4 Å². The molecule has 1 aliphatic carbocycles. The molecule has 2 fully saturated rings. The van der Waals surface area contributed by atoms with Gasteiger partial charge in [0.2, 0.25) is 11.8 Å². The van der Waals surface area contributed by atoms with Gasteiger partial charge in [-0.3, -0.25) is 9.59 Å². The van der Waals surface area contributed by atoms with Crippen molar-refractivity contribution < 1.29 is 9.59 Å². The Morgan fingerprint density at radius 1 is 1.07 bits per heavy atom. The number of benzene rings is 2. The number of amides is 2. The summed E-state index contributed by atoms with van der Waals surface area (Å²) in [6, 6.07) is 18.0. The molecule has 2 aliphatic rings. The highest BCUT2D eigenvalue weighted by atomic mass is 16.2. The van der Waals surface area contributed by atoms with Crippen LogP contribution in [0.2, 0.25) is 0 Å². The number of hydrogen-bond acceptors (Lipinski definition) is 3. The number of carbonyl (C=O) groups excluding carboxylic acids is 2. The highest BCUT2D eigenvalue weighted by Crippen LogP contribution is 2.38. The van der Waals surface area contributed by atoms with E-state index >= 15 is 0 Å². The van der Waals surface area contributed by atoms with Gasteiger partial charge in [-0.25, -0.2) is 0 Å². The Labute approximate surface area is 172 Å². The number of nitrogens with two attached hydrogens (primary N) is 1. The first kappa shape index (κ1) is 19.6. The third-order valence-corrected chi connectivity index (χ3v) is 6.22. The van der Waals surface area contributed by atoms with Gasteiger partial charge in [-0.15, -0.1) is 0 Å². The lowest BCUT2D eigenvalue weighted by atomic mass is 9.83. The fourth-order valence-electron chi connectivity index (χ4n) is 4.15. The summed E-state index contributed by atoms with van der Waals surface area (Å²) >= 11 is 0. The van der Waals surface area contributed by atoms with Crippen molar-refractivity contribution in [1.82, 2.24) is 4.90 Å². The molecule has 2 unspecified atom stereocenters. The number of carbonyl (C=O) groups is 2. The predicted molar refractivity (Wildman–Crippen MR) is 114 cm³/mol. The van der Waals surface area contributed by atoms with E-state index in [1.807, 2.05) is 35.2 Å². The number of para-hydroxylation sites is 1. The average molecular weight is 392 g/mol. The van der Waals surface area contributed by atoms with Gasteiger partial charge in [0.05, 0.1) is 11.5 Å². The van der Waals surface area contributed by atoms with E-state index in [1.165, 1.54) is 11.1 Å². The molecule has 1 saturated carbocycles. The van der Waals surface area contributed by atoms with Crippen molar-refractivity contribution in [2.45, 2.75) is 44.1 Å². The van der Waals surface area contributed by atoms with Crippen LogP contribution >= 0.6 is 0 Å². The first-order valence-corrected chi connectivity index (χ1v) is 10.5. The van der Waals surface area contributed by atoms with Gasteiger partial charge in [-0.2, -0.15) is 0 Å². The lowest BCUT2D eigenvalue weighted by Gasteiger charge is -2.38. The van der Waals surface area contributed by atoms with Gasteiger partial charge in [-0.05, 0) is 48.9 Å². The van der Waals surface area contributed by atoms with E-state index in [9.17, 15) is 9.59 Å². The number of piperidine rings is 1. The second-order valence-electron chi connectivity index (χ2n) is 8.45. The monoisotopic (exact) mass is 391 g/mol. The van der Waals surface area contributed by atoms with Crippen LogP contribution in [0.15, 0.2) is 54.6 Å². The van der Waals surface area contributed by atoms with Gasteiger partial charge in [-0.1, -0.05) is 49.4 Å². The Morgan fingerprint density at radius 2 is 1.76 bits per heavy atom. The Kier molecular flexibility index (Phi) is 5.41. The molecule has 1 aliphatic heterocycles. The summed E-state index contributed by atoms with van der Waals surface area (Å²) < 4.78 is 0. The van der Waals surface area contributed by atoms with Gasteiger partial charge in [0.1, 0.15) is 0 Å². The molecule has 29 heavy (non-hydrogen) atoms. The van der Waals surface area contributed by atoms with Crippen LogP contribution in [-0.2, 0) is 16.0 Å². The third kappa shape index (κ3) is 4.35. The molecule has 2 aromatic rings. The van der Waals surface area contributed by atoms with Crippen LogP contribution in [0, 0.1) is 5.92 Å². The van der Waals surface area contributed by atoms with E-state index in [0.29, 0.717) is 13.1 Å². The van der Waals surface area contributed by atoms with Crippen molar-refractivity contribution in [1.29, 1.82) is 0 Å². The third-order valence-electron chi connectivity index (χ3n) is 6.22. The topological polar surface area (TPSA) is 75.4 Å². The standard InChI is InChI=1S/C24H29N3O2/c1-2-17-8-10-18(11-9-17)19-14-20(22(28)26-21-6-4-3-5-7-21)16-27(15-19)23(29)24(25)12-13-24/h3-11,19-20H,2,12-16,25H2,1H3,(H,26,28). The van der Waals surface area contributed by atoms with Gasteiger partial charge in [0.25, 0.3) is 0 Å². The van der Waals surface area contributed by atoms with Gasteiger partial charge in [0.15, 0.2) is 0 Å². The minimum atomic E-state index is -0.714. The summed E-state index contributed by atoms with van der Waals surface area (Å²) in [7, 11) is 0. The molecule has 1 saturated heterocycles. The number of rotatable bonds is 5. The van der Waals surface area contributed by atoms with Crippen molar-refractivity contribution >= 4 is 17.5 Å². The van der Waals surface area contributed by atoms with Crippen LogP contribution in [0.4, 0.5) is 5.69 Å². The number of nitrogens with zero attached hydrogens (tertiary/aromatic N) is 1. The summed E-state index contributed by atoms with van der Waals surface area (Å²) in [6.07, 6.45) is 3.19. The molecule has 2 amide bonds. The maximum Gasteiger partial charge on any atom is 0.242 e. The molecule has 2 aromatic carbocycles. The van der Waals surface area contributed by atoms with Crippen LogP contribution in [0.1, 0.15) is 43.2 Å². The predicted octanol–water partition coefficient (Wildman–Crippen LogP) is 3.31. The van der Waals surface area contributed by atoms with Gasteiger partial charge < -0.3 is 16.0 Å². The van der Waals surface area contributed by atoms with E-state index in [0.717, 1.165) is 31.4 Å². The van der Waals surface area contributed by atoms with Crippen molar-refractivity contribution in [3.8, 4) is 0 Å². The second kappa shape index (κ2) is 7.99. The molecule has 5 nitrogen and oxygen atoms in total. The molecule has 0 aromatic heterocycles. The SMILES string of the molecule is CCc1ccc(C2CC(C(=O)Nc3ccccc3)CN(C(=O)C3(N)CC3)C2)cc1. The molecule has 0 radical (unpaired) electrons. The molecule has 0 bridgehead atoms. The number of nitrogens with one attached hydrogen (secondary N) is 1. The first-order valence-electron chi connectivity index (χ1n) is 10.5. The fourth-order valence-corrected chi connectivity index (χ4v) is 4.15. The summed E-state index contributed by atoms with van der Waals surface area (Å²) in [5.41, 5.74) is 8.73. The van der Waals surface area contributed by atoms with E-state index in [-0.39, 0.29) is 23.7 Å². The molecule has 5 heteroatoms. The summed E-state index contributed by atoms with van der Waals surface area (Å²) in [5.74, 6) is -0.172. The molecule has 3 N–H and O–H groups in total. The highest BCUT2D eigenvalue weighted by Gasteiger charge is 2.50. The zero-order chi connectivity index (χ0) is 20.4. The number of anilines is 1. The largest absolute Gasteiger partial charge is 0.340 e. The molecular weight excluding hydrogens is 362 g/mol. The van der Waals surface area contributed by atoms with Gasteiger partial charge in [0, 0.05) is 24.7 Å². The molecule has 0 spiro atoms. The first-order chi connectivity index (χ1) is 14.0. The number of likely N-dealkylation sites (tertiary alicyclic amines) is 1. The van der Waals surface area contributed by atoms with Crippen molar-refractivity contribution in [2.24, 2.45) is 11.7 Å². The number of hydrogen-bond donors (Lipinski definition) is 2. The molecule has 152 valence electrons. The van der Waals surface area contributed by atoms with Crippen LogP contribution in [0.5, 0.6) is 0 Å². The van der Waals surface area contributed by atoms with Crippen molar-refractivity contribution in [3.63, 3.8) is 0 Å². The maximum atomic E-state index is 13.0. The minimum Gasteiger partial charge on any atom is -0.340 e. The lowest BCUT2D eigenvalue weighted by Crippen LogP contribution is -2.52. The summed E-state index contributed by atoms with van der Waals surface area (Å²) in [6.45, 7) is 3.19. The fraction of sp³-hybridized carbons (Fsp3) is 0.417. The van der Waals surface area contributed by atoms with Crippen LogP contribution in [0.3, 0.4) is 0 Å². The molecule has 4 rings (SSSR count). The van der Waals surface area contributed by atoms with E-state index in [1.54, 1.807) is 0 Å². The molecule has 1 heterocycles. The smallest absolute Gasteiger partial charge is 0.242 e. The van der Waals surface area contributed by atoms with Gasteiger partial charge >= 0.3 is 0 Å². The van der Waals surface area contributed by atoms with E-state index in [4.69, 9.17) is 5.73 Å². The Morgan fingerprint density at radius 3 is 2.38 bits per heavy atom. The molecular formula is C24H29N3O2. The van der Waals surface area contributed by atoms with Crippen LogP contribution in [0.25, 0.3) is 0 Å². The Balaban J connectivity index is 1.54. The zero-order valence-electron chi connectivity index (χ0n) is 16.9. The van der Waals surface area contributed by atoms with E-state index in [2.05, 4.69) is 36.5 Å². The zero-order valence-corrected chi connectivity index (χ0v) is 16.9. The number of aryl methyl sites for hydroxylation is 1. The average Bonchev–Trinajstić information content (AvgIpc) is 3.52. The highest BCUT2D eigenvalue weighted by molar-refractivity contribution is 5.94. The van der Waals surface area contributed by atoms with E-state index < -0.39 is 5.54 Å². The molecule has 2 atom stereocenters. The summed E-state index contributed by atoms with van der Waals surface area (Å²) in [5, 5.41) is 3.01. The normalized spacial score (nSPS) is 22.8. The quantitative estimate of drug-likeness (QED) is 0.821.